The van der Waals surface area contributed by atoms with E-state index in [1.54, 1.807) is 46.1 Å². The van der Waals surface area contributed by atoms with E-state index >= 15 is 0 Å². The second kappa shape index (κ2) is 14.2. The van der Waals surface area contributed by atoms with E-state index in [9.17, 15) is 24.0 Å². The van der Waals surface area contributed by atoms with Crippen LogP contribution in [-0.2, 0) is 11.3 Å². The summed E-state index contributed by atoms with van der Waals surface area (Å²) in [5.74, 6) is -2.09. The predicted molar refractivity (Wildman–Crippen MR) is 183 cm³/mol. The molecule has 51 heavy (non-hydrogen) atoms. The Balaban J connectivity index is 1.38. The summed E-state index contributed by atoms with van der Waals surface area (Å²) >= 11 is 2.33. The Hall–Kier alpha value is -5.82. The van der Waals surface area contributed by atoms with E-state index in [2.05, 4.69) is 46.2 Å². The molecule has 264 valence electrons. The fraction of sp³-hybridized carbons (Fsp3) is 0.312. The van der Waals surface area contributed by atoms with Gasteiger partial charge in [-0.3, -0.25) is 24.0 Å². The van der Waals surface area contributed by atoms with Gasteiger partial charge in [-0.2, -0.15) is 0 Å². The van der Waals surface area contributed by atoms with Gasteiger partial charge >= 0.3 is 0 Å². The number of carbonyl (C=O) groups excluding carboxylic acids is 5. The maximum Gasteiger partial charge on any atom is 0.274 e. The molecule has 19 heteroatoms. The van der Waals surface area contributed by atoms with E-state index in [-0.39, 0.29) is 64.7 Å². The van der Waals surface area contributed by atoms with Crippen LogP contribution >= 0.6 is 22.7 Å². The van der Waals surface area contributed by atoms with E-state index in [1.165, 1.54) is 22.8 Å². The summed E-state index contributed by atoms with van der Waals surface area (Å²) in [6, 6.07) is 0.797. The lowest BCUT2D eigenvalue weighted by Crippen LogP contribution is -2.46. The number of nitrogens with zero attached hydrogens (tertiary/aromatic N) is 5. The van der Waals surface area contributed by atoms with Gasteiger partial charge in [-0.25, -0.2) is 24.9 Å². The van der Waals surface area contributed by atoms with Gasteiger partial charge in [0.15, 0.2) is 5.69 Å². The maximum absolute atomic E-state index is 13.3. The second-order valence-corrected chi connectivity index (χ2v) is 13.3. The number of pyridine rings is 1. The highest BCUT2D eigenvalue weighted by Gasteiger charge is 2.28. The van der Waals surface area contributed by atoms with Crippen molar-refractivity contribution in [2.75, 3.05) is 0 Å². The number of thiazole rings is 2. The van der Waals surface area contributed by atoms with E-state index in [4.69, 9.17) is 14.6 Å². The van der Waals surface area contributed by atoms with Gasteiger partial charge in [-0.05, 0) is 46.2 Å². The topological polar surface area (TPSA) is 250 Å². The molecular formula is C32H32N10O7S2. The van der Waals surface area contributed by atoms with Gasteiger partial charge in [0.05, 0.1) is 12.6 Å². The number of nitrogens with two attached hydrogens (primary N) is 1. The number of aromatic nitrogens is 5. The zero-order valence-corrected chi connectivity index (χ0v) is 29.6. The quantitative estimate of drug-likeness (QED) is 0.176. The molecule has 0 spiro atoms. The number of hydrogen-bond donors (Lipinski definition) is 5. The fourth-order valence-electron chi connectivity index (χ4n) is 5.13. The first kappa shape index (κ1) is 35.0. The van der Waals surface area contributed by atoms with Crippen LogP contribution in [0.2, 0.25) is 0 Å². The second-order valence-electron chi connectivity index (χ2n) is 11.6. The largest absolute Gasteiger partial charge is 0.443 e. The van der Waals surface area contributed by atoms with Gasteiger partial charge < -0.3 is 35.8 Å². The maximum atomic E-state index is 13.3. The van der Waals surface area contributed by atoms with Crippen molar-refractivity contribution in [1.29, 1.82) is 0 Å². The molecule has 3 unspecified atom stereocenters. The molecule has 0 fully saturated rings. The van der Waals surface area contributed by atoms with Crippen molar-refractivity contribution in [3.8, 4) is 22.0 Å². The van der Waals surface area contributed by atoms with Crippen molar-refractivity contribution in [2.45, 2.75) is 65.7 Å². The van der Waals surface area contributed by atoms with Crippen LogP contribution < -0.4 is 27.0 Å². The number of nitrogens with one attached hydrogen (secondary N) is 4. The van der Waals surface area contributed by atoms with Crippen LogP contribution in [-0.4, -0.2) is 60.5 Å². The van der Waals surface area contributed by atoms with Crippen LogP contribution in [0.15, 0.2) is 31.7 Å². The third-order valence-corrected chi connectivity index (χ3v) is 9.75. The molecule has 0 saturated carbocycles. The van der Waals surface area contributed by atoms with Crippen LogP contribution in [0.1, 0.15) is 110 Å². The Kier molecular flexibility index (Phi) is 9.75. The summed E-state index contributed by atoms with van der Waals surface area (Å²) in [4.78, 5) is 87.0. The van der Waals surface area contributed by atoms with Gasteiger partial charge in [-0.15, -0.1) is 22.7 Å². The monoisotopic (exact) mass is 732 g/mol. The Bertz CT molecular complexity index is 2180. The lowest BCUT2D eigenvalue weighted by molar-refractivity contribution is -0.123. The molecule has 0 aromatic carbocycles. The molecule has 1 aliphatic heterocycles. The van der Waals surface area contributed by atoms with Crippen molar-refractivity contribution >= 4 is 52.2 Å². The van der Waals surface area contributed by atoms with Gasteiger partial charge in [-0.1, -0.05) is 6.92 Å². The van der Waals surface area contributed by atoms with E-state index in [0.29, 0.717) is 21.3 Å². The highest BCUT2D eigenvalue weighted by atomic mass is 32.1. The molecule has 5 amide bonds. The minimum absolute atomic E-state index is 0.0267. The van der Waals surface area contributed by atoms with Gasteiger partial charge in [0, 0.05) is 16.3 Å². The molecule has 5 aromatic heterocycles. The Morgan fingerprint density at radius 2 is 1.51 bits per heavy atom. The standard InChI is InChI=1S/C32H32N10O7S2/c1-6-17-26(44)34-9-21-41-23(15(5)48-21)29(47)36-13(3)31-39-19(10-50-31)27(45)35-12(2)30-42-22(14(4)49-30)24-16(7-8-18(37-24)25(33)43)32-40-20(11-51-32)28(46)38-17/h7-8,10-13,17H,6,9H2,1-5H3,(H2,33,43)(H,34,44)(H,35,45)(H,36,47)(H,38,46). The predicted octanol–water partition coefficient (Wildman–Crippen LogP) is 3.14. The summed E-state index contributed by atoms with van der Waals surface area (Å²) in [5.41, 5.74) is 6.62. The Labute approximate surface area is 297 Å². The molecule has 5 aromatic rings. The highest BCUT2D eigenvalue weighted by molar-refractivity contribution is 7.13. The number of fused-ring (bicyclic) bond motifs is 11. The molecule has 0 aliphatic carbocycles. The van der Waals surface area contributed by atoms with Crippen molar-refractivity contribution in [2.24, 2.45) is 5.73 Å². The van der Waals surface area contributed by atoms with Crippen molar-refractivity contribution in [1.82, 2.24) is 46.2 Å². The summed E-state index contributed by atoms with van der Waals surface area (Å²) in [5, 5.41) is 14.9. The lowest BCUT2D eigenvalue weighted by atomic mass is 10.1. The summed E-state index contributed by atoms with van der Waals surface area (Å²) < 4.78 is 11.6. The van der Waals surface area contributed by atoms with E-state index < -0.39 is 47.7 Å². The average Bonchev–Trinajstić information content (AvgIpc) is 3.92. The van der Waals surface area contributed by atoms with E-state index in [1.807, 2.05) is 0 Å². The molecule has 17 nitrogen and oxygen atoms in total. The van der Waals surface area contributed by atoms with Crippen LogP contribution in [0, 0.1) is 13.8 Å². The molecule has 0 radical (unpaired) electrons. The molecule has 3 atom stereocenters. The molecule has 0 saturated heterocycles. The van der Waals surface area contributed by atoms with Gasteiger partial charge in [0.25, 0.3) is 23.6 Å². The van der Waals surface area contributed by atoms with Crippen molar-refractivity contribution in [3.05, 3.63) is 74.0 Å². The Morgan fingerprint density at radius 3 is 2.25 bits per heavy atom. The van der Waals surface area contributed by atoms with E-state index in [0.717, 1.165) is 11.3 Å². The first-order valence-electron chi connectivity index (χ1n) is 15.7. The minimum atomic E-state index is -0.921. The van der Waals surface area contributed by atoms with Crippen molar-refractivity contribution in [3.63, 3.8) is 0 Å². The molecule has 6 N–H and O–H groups in total. The number of rotatable bonds is 2. The van der Waals surface area contributed by atoms with Gasteiger partial charge in [0.2, 0.25) is 17.7 Å². The fourth-order valence-corrected chi connectivity index (χ4v) is 6.76. The molecule has 6 heterocycles. The van der Waals surface area contributed by atoms with Gasteiger partial charge in [0.1, 0.15) is 62.1 Å². The first-order valence-corrected chi connectivity index (χ1v) is 17.4. The lowest BCUT2D eigenvalue weighted by Gasteiger charge is -2.15. The SMILES string of the molecule is CCC1NC(=O)c2csc(n2)-c2ccc(C(N)=O)nc2-c2nc(oc2C)C(C)NC(=O)c2csc(n2)C(C)NC(=O)c2nc(oc2C)CNC1=O. The number of oxazole rings is 2. The Morgan fingerprint density at radius 1 is 0.824 bits per heavy atom. The first-order chi connectivity index (χ1) is 24.3. The van der Waals surface area contributed by atoms with Crippen molar-refractivity contribution < 1.29 is 32.8 Å². The normalized spacial score (nSPS) is 18.6. The summed E-state index contributed by atoms with van der Waals surface area (Å²) in [6.45, 7) is 8.21. The zero-order valence-electron chi connectivity index (χ0n) is 27.9. The third kappa shape index (κ3) is 7.24. The number of primary amides is 1. The number of carbonyl (C=O) groups is 5. The average molecular weight is 733 g/mol. The highest BCUT2D eigenvalue weighted by Crippen LogP contribution is 2.35. The number of aryl methyl sites for hydroxylation is 2. The zero-order chi connectivity index (χ0) is 36.6. The van der Waals surface area contributed by atoms with Crippen LogP contribution in [0.4, 0.5) is 0 Å². The smallest absolute Gasteiger partial charge is 0.274 e. The third-order valence-electron chi connectivity index (χ3n) is 7.84. The minimum Gasteiger partial charge on any atom is -0.443 e. The van der Waals surface area contributed by atoms with Crippen LogP contribution in [0.3, 0.4) is 0 Å². The molecular weight excluding hydrogens is 701 g/mol. The summed E-state index contributed by atoms with van der Waals surface area (Å²) in [6.07, 6.45) is 0.262. The van der Waals surface area contributed by atoms with Crippen LogP contribution in [0.5, 0.6) is 0 Å². The molecule has 6 rings (SSSR count). The molecule has 8 bridgehead atoms. The number of hydrogen-bond acceptors (Lipinski definition) is 14. The number of amides is 5. The molecule has 1 aliphatic rings. The van der Waals surface area contributed by atoms with Crippen LogP contribution in [0.25, 0.3) is 22.0 Å². The summed E-state index contributed by atoms with van der Waals surface area (Å²) in [7, 11) is 0.